The Bertz CT molecular complexity index is 783. The maximum absolute atomic E-state index is 6.69. The lowest BCUT2D eigenvalue weighted by Gasteiger charge is -2.16. The molecule has 106 valence electrons. The van der Waals surface area contributed by atoms with Crippen LogP contribution in [0.25, 0.3) is 10.8 Å². The van der Waals surface area contributed by atoms with E-state index < -0.39 is 0 Å². The lowest BCUT2D eigenvalue weighted by molar-refractivity contribution is 0.419. The van der Waals surface area contributed by atoms with E-state index in [4.69, 9.17) is 27.9 Å². The Hall–Kier alpha value is -1.70. The Balaban J connectivity index is 2.19. The fraction of sp³-hybridized carbons (Fsp3) is 0.111. The lowest BCUT2D eigenvalue weighted by atomic mass is 9.97. The first-order chi connectivity index (χ1) is 10.2. The zero-order valence-electron chi connectivity index (χ0n) is 11.5. The van der Waals surface area contributed by atoms with Crippen LogP contribution in [0, 0.1) is 0 Å². The Morgan fingerprint density at radius 2 is 1.48 bits per heavy atom. The second-order valence-corrected chi connectivity index (χ2v) is 5.63. The lowest BCUT2D eigenvalue weighted by Crippen LogP contribution is -1.97. The Morgan fingerprint density at radius 1 is 0.810 bits per heavy atom. The van der Waals surface area contributed by atoms with Gasteiger partial charge in [0, 0.05) is 10.4 Å². The molecule has 0 heterocycles. The number of hydrogen-bond donors (Lipinski definition) is 0. The van der Waals surface area contributed by atoms with Crippen LogP contribution in [0.2, 0.25) is 5.02 Å². The quantitative estimate of drug-likeness (QED) is 0.552. The zero-order valence-corrected chi connectivity index (χ0v) is 13.0. The summed E-state index contributed by atoms with van der Waals surface area (Å²) in [5.74, 6) is 0.845. The highest BCUT2D eigenvalue weighted by molar-refractivity contribution is 6.33. The molecule has 3 rings (SSSR count). The van der Waals surface area contributed by atoms with E-state index in [-0.39, 0.29) is 5.38 Å². The fourth-order valence-corrected chi connectivity index (χ4v) is 3.22. The standard InChI is InChI=1S/C18H14Cl2O/c1-21-17-11-10-14(12-6-2-3-7-13(12)17)18(20)15-8-4-5-9-16(15)19/h2-11,18H,1H3. The molecule has 0 saturated heterocycles. The minimum absolute atomic E-state index is 0.297. The van der Waals surface area contributed by atoms with Crippen LogP contribution in [0.4, 0.5) is 0 Å². The van der Waals surface area contributed by atoms with Gasteiger partial charge in [0.15, 0.2) is 0 Å². The largest absolute Gasteiger partial charge is 0.496 e. The van der Waals surface area contributed by atoms with Gasteiger partial charge in [0.2, 0.25) is 0 Å². The van der Waals surface area contributed by atoms with Crippen LogP contribution in [-0.2, 0) is 0 Å². The van der Waals surface area contributed by atoms with Gasteiger partial charge in [-0.1, -0.05) is 60.1 Å². The van der Waals surface area contributed by atoms with Crippen LogP contribution in [0.1, 0.15) is 16.5 Å². The Labute approximate surface area is 134 Å². The maximum atomic E-state index is 6.69. The number of hydrogen-bond acceptors (Lipinski definition) is 1. The van der Waals surface area contributed by atoms with Crippen LogP contribution in [-0.4, -0.2) is 7.11 Å². The molecule has 0 N–H and O–H groups in total. The molecule has 0 aromatic heterocycles. The average Bonchev–Trinajstić information content (AvgIpc) is 2.53. The second kappa shape index (κ2) is 5.97. The van der Waals surface area contributed by atoms with Crippen LogP contribution in [0.5, 0.6) is 5.75 Å². The van der Waals surface area contributed by atoms with Crippen molar-refractivity contribution < 1.29 is 4.74 Å². The fourth-order valence-electron chi connectivity index (χ4n) is 2.54. The summed E-state index contributed by atoms with van der Waals surface area (Å²) >= 11 is 13.0. The van der Waals surface area contributed by atoms with Gasteiger partial charge in [0.25, 0.3) is 0 Å². The van der Waals surface area contributed by atoms with E-state index in [1.807, 2.05) is 54.6 Å². The Kier molecular flexibility index (Phi) is 4.05. The van der Waals surface area contributed by atoms with Crippen molar-refractivity contribution in [2.24, 2.45) is 0 Å². The summed E-state index contributed by atoms with van der Waals surface area (Å²) < 4.78 is 5.42. The van der Waals surface area contributed by atoms with Gasteiger partial charge in [-0.3, -0.25) is 0 Å². The zero-order chi connectivity index (χ0) is 14.8. The van der Waals surface area contributed by atoms with Crippen LogP contribution >= 0.6 is 23.2 Å². The second-order valence-electron chi connectivity index (χ2n) is 4.79. The average molecular weight is 317 g/mol. The number of methoxy groups -OCH3 is 1. The van der Waals surface area contributed by atoms with Gasteiger partial charge in [0.1, 0.15) is 5.75 Å². The van der Waals surface area contributed by atoms with Crippen LogP contribution < -0.4 is 4.74 Å². The van der Waals surface area contributed by atoms with Gasteiger partial charge in [-0.15, -0.1) is 11.6 Å². The molecule has 21 heavy (non-hydrogen) atoms. The van der Waals surface area contributed by atoms with E-state index in [1.54, 1.807) is 7.11 Å². The third-order valence-electron chi connectivity index (χ3n) is 3.59. The number of rotatable bonds is 3. The summed E-state index contributed by atoms with van der Waals surface area (Å²) in [4.78, 5) is 0. The third-order valence-corrected chi connectivity index (χ3v) is 4.40. The molecule has 0 aliphatic heterocycles. The van der Waals surface area contributed by atoms with E-state index in [2.05, 4.69) is 6.07 Å². The van der Waals surface area contributed by atoms with E-state index in [9.17, 15) is 0 Å². The molecule has 1 nitrogen and oxygen atoms in total. The van der Waals surface area contributed by atoms with Crippen LogP contribution in [0.3, 0.4) is 0 Å². The monoisotopic (exact) mass is 316 g/mol. The normalized spacial score (nSPS) is 12.3. The highest BCUT2D eigenvalue weighted by atomic mass is 35.5. The molecule has 0 fully saturated rings. The van der Waals surface area contributed by atoms with E-state index in [0.717, 1.165) is 27.6 Å². The number of alkyl halides is 1. The van der Waals surface area contributed by atoms with Gasteiger partial charge >= 0.3 is 0 Å². The van der Waals surface area contributed by atoms with Crippen molar-refractivity contribution in [1.82, 2.24) is 0 Å². The third kappa shape index (κ3) is 2.59. The predicted octanol–water partition coefficient (Wildman–Crippen LogP) is 5.83. The van der Waals surface area contributed by atoms with Gasteiger partial charge in [-0.2, -0.15) is 0 Å². The molecular weight excluding hydrogens is 303 g/mol. The number of halogens is 2. The topological polar surface area (TPSA) is 9.23 Å². The van der Waals surface area contributed by atoms with Crippen LogP contribution in [0.15, 0.2) is 60.7 Å². The molecule has 0 spiro atoms. The summed E-state index contributed by atoms with van der Waals surface area (Å²) in [7, 11) is 1.67. The molecule has 0 aliphatic carbocycles. The number of benzene rings is 3. The van der Waals surface area contributed by atoms with Gasteiger partial charge in [-0.25, -0.2) is 0 Å². The van der Waals surface area contributed by atoms with Crippen molar-refractivity contribution >= 4 is 34.0 Å². The summed E-state index contributed by atoms with van der Waals surface area (Å²) in [6.45, 7) is 0. The Morgan fingerprint density at radius 3 is 2.19 bits per heavy atom. The molecule has 1 atom stereocenters. The maximum Gasteiger partial charge on any atom is 0.126 e. The molecule has 0 amide bonds. The van der Waals surface area contributed by atoms with E-state index in [1.165, 1.54) is 0 Å². The predicted molar refractivity (Wildman–Crippen MR) is 89.6 cm³/mol. The number of ether oxygens (including phenoxy) is 1. The minimum atomic E-state index is -0.297. The summed E-state index contributed by atoms with van der Waals surface area (Å²) in [5.41, 5.74) is 1.94. The molecule has 1 unspecified atom stereocenters. The van der Waals surface area contributed by atoms with Gasteiger partial charge in [-0.05, 0) is 28.6 Å². The first kappa shape index (κ1) is 14.2. The van der Waals surface area contributed by atoms with Crippen molar-refractivity contribution in [2.45, 2.75) is 5.38 Å². The highest BCUT2D eigenvalue weighted by Gasteiger charge is 2.17. The van der Waals surface area contributed by atoms with Crippen molar-refractivity contribution in [3.05, 3.63) is 76.8 Å². The molecule has 0 radical (unpaired) electrons. The molecule has 3 heteroatoms. The number of fused-ring (bicyclic) bond motifs is 1. The van der Waals surface area contributed by atoms with E-state index in [0.29, 0.717) is 5.02 Å². The molecule has 0 aliphatic rings. The van der Waals surface area contributed by atoms with Crippen molar-refractivity contribution in [1.29, 1.82) is 0 Å². The first-order valence-electron chi connectivity index (χ1n) is 6.66. The minimum Gasteiger partial charge on any atom is -0.496 e. The van der Waals surface area contributed by atoms with Crippen molar-refractivity contribution in [2.75, 3.05) is 7.11 Å². The summed E-state index contributed by atoms with van der Waals surface area (Å²) in [6.07, 6.45) is 0. The molecule has 0 bridgehead atoms. The first-order valence-corrected chi connectivity index (χ1v) is 7.48. The van der Waals surface area contributed by atoms with Crippen molar-refractivity contribution in [3.8, 4) is 5.75 Å². The smallest absolute Gasteiger partial charge is 0.126 e. The molecular formula is C18H14Cl2O. The highest BCUT2D eigenvalue weighted by Crippen LogP contribution is 2.39. The summed E-state index contributed by atoms with van der Waals surface area (Å²) in [5, 5.41) is 2.51. The van der Waals surface area contributed by atoms with E-state index >= 15 is 0 Å². The molecule has 3 aromatic carbocycles. The summed E-state index contributed by atoms with van der Waals surface area (Å²) in [6, 6.07) is 19.7. The van der Waals surface area contributed by atoms with Gasteiger partial charge < -0.3 is 4.74 Å². The van der Waals surface area contributed by atoms with Gasteiger partial charge in [0.05, 0.1) is 12.5 Å². The molecule has 0 saturated carbocycles. The SMILES string of the molecule is COc1ccc(C(Cl)c2ccccc2Cl)c2ccccc12. The molecule has 3 aromatic rings. The van der Waals surface area contributed by atoms with Crippen molar-refractivity contribution in [3.63, 3.8) is 0 Å².